The molecule has 272 valence electrons. The minimum Gasteiger partial charge on any atom is -0.457 e. The number of hydrogen-bond acceptors (Lipinski definition) is 13. The summed E-state index contributed by atoms with van der Waals surface area (Å²) >= 11 is 0. The van der Waals surface area contributed by atoms with E-state index in [1.807, 2.05) is 0 Å². The molecule has 0 spiro atoms. The van der Waals surface area contributed by atoms with Gasteiger partial charge >= 0.3 is 29.8 Å². The van der Waals surface area contributed by atoms with Crippen molar-refractivity contribution < 1.29 is 62.4 Å². The van der Waals surface area contributed by atoms with E-state index in [1.54, 1.807) is 18.2 Å². The van der Waals surface area contributed by atoms with Crippen LogP contribution in [0.4, 0.5) is 0 Å². The summed E-state index contributed by atoms with van der Waals surface area (Å²) in [6.45, 7) is 16.0. The van der Waals surface area contributed by atoms with E-state index in [-0.39, 0.29) is 11.1 Å². The van der Waals surface area contributed by atoms with Crippen LogP contribution in [0.1, 0.15) is 79.1 Å². The largest absolute Gasteiger partial charge is 0.457 e. The lowest BCUT2D eigenvalue weighted by atomic mass is 9.72. The number of ketones is 2. The predicted molar refractivity (Wildman–Crippen MR) is 176 cm³/mol. The van der Waals surface area contributed by atoms with E-state index >= 15 is 0 Å². The lowest BCUT2D eigenvalue weighted by molar-refractivity contribution is -0.178. The highest BCUT2D eigenvalue weighted by molar-refractivity contribution is 5.95. The maximum Gasteiger partial charge on any atom is 0.338 e. The number of fused-ring (bicyclic) bond motifs is 1. The van der Waals surface area contributed by atoms with Crippen LogP contribution < -0.4 is 0 Å². The third-order valence-electron chi connectivity index (χ3n) is 8.89. The lowest BCUT2D eigenvalue weighted by Crippen LogP contribution is -2.57. The molecule has 50 heavy (non-hydrogen) atoms. The summed E-state index contributed by atoms with van der Waals surface area (Å²) in [6.07, 6.45) is -5.15. The molecule has 0 bridgehead atoms. The SMILES string of the molecule is C=C1[C@H](OC(C)=O)[C@H]2[C@@H](OC(=O)c3ccccc3)[C@](C)(OC(C)=O)C[C@]2(O)C(=O)[C@@H](C)/C=C/C(C)(C)C(=O)[C@H](OC(C)=O)[C@H]1OC(=O)C(C)C. The lowest BCUT2D eigenvalue weighted by Gasteiger charge is -2.41. The van der Waals surface area contributed by atoms with Crippen molar-refractivity contribution in [2.45, 2.75) is 104 Å². The van der Waals surface area contributed by atoms with Gasteiger partial charge in [0.05, 0.1) is 17.4 Å². The molecular weight excluding hydrogens is 652 g/mol. The third kappa shape index (κ3) is 8.38. The van der Waals surface area contributed by atoms with Crippen molar-refractivity contribution in [3.05, 3.63) is 60.2 Å². The van der Waals surface area contributed by atoms with Crippen LogP contribution in [-0.2, 0) is 52.5 Å². The Morgan fingerprint density at radius 1 is 0.820 bits per heavy atom. The molecule has 0 aliphatic heterocycles. The van der Waals surface area contributed by atoms with E-state index in [1.165, 1.54) is 65.8 Å². The summed E-state index contributed by atoms with van der Waals surface area (Å²) in [5.41, 5.74) is -6.26. The molecule has 2 aliphatic carbocycles. The summed E-state index contributed by atoms with van der Waals surface area (Å²) in [7, 11) is 0. The summed E-state index contributed by atoms with van der Waals surface area (Å²) in [5.74, 6) is -9.80. The summed E-state index contributed by atoms with van der Waals surface area (Å²) in [4.78, 5) is 93.2. The zero-order valence-electron chi connectivity index (χ0n) is 29.8. The van der Waals surface area contributed by atoms with E-state index in [4.69, 9.17) is 23.7 Å². The quantitative estimate of drug-likeness (QED) is 0.247. The number of benzene rings is 1. The minimum absolute atomic E-state index is 0.0678. The fourth-order valence-corrected chi connectivity index (χ4v) is 6.48. The van der Waals surface area contributed by atoms with Gasteiger partial charge in [0.1, 0.15) is 17.3 Å². The fourth-order valence-electron chi connectivity index (χ4n) is 6.48. The monoisotopic (exact) mass is 698 g/mol. The Kier molecular flexibility index (Phi) is 12.0. The van der Waals surface area contributed by atoms with Crippen molar-refractivity contribution >= 4 is 41.4 Å². The normalized spacial score (nSPS) is 31.7. The predicted octanol–water partition coefficient (Wildman–Crippen LogP) is 3.64. The highest BCUT2D eigenvalue weighted by Crippen LogP contribution is 2.52. The molecule has 1 fully saturated rings. The van der Waals surface area contributed by atoms with Gasteiger partial charge in [-0.1, -0.05) is 57.7 Å². The molecule has 1 aromatic rings. The van der Waals surface area contributed by atoms with E-state index in [0.29, 0.717) is 0 Å². The van der Waals surface area contributed by atoms with Gasteiger partial charge in [0, 0.05) is 44.1 Å². The highest BCUT2D eigenvalue weighted by atomic mass is 16.6. The minimum atomic E-state index is -2.57. The standard InChI is InChI=1S/C37H46O13/c1-19(2)33(43)48-28-21(4)27(46-22(5)38)26-32(49-34(44)25-14-12-11-13-15-25)36(10,50-24(7)40)18-37(26,45)30(41)20(3)16-17-35(8,9)31(42)29(28)47-23(6)39/h11-17,19-20,26-29,32,45H,4,18H2,1-3,5-10H3/b17-16+/t20-,26-,27-,28-,29+,32+,36+,37+/m0/s1. The molecule has 1 saturated carbocycles. The van der Waals surface area contributed by atoms with E-state index in [0.717, 1.165) is 20.8 Å². The van der Waals surface area contributed by atoms with Gasteiger partial charge in [-0.25, -0.2) is 4.79 Å². The highest BCUT2D eigenvalue weighted by Gasteiger charge is 2.69. The average Bonchev–Trinajstić information content (AvgIpc) is 3.23. The molecule has 8 atom stereocenters. The number of carbonyl (C=O) groups is 7. The topological polar surface area (TPSA) is 186 Å². The Labute approximate surface area is 291 Å². The molecular formula is C37H46O13. The second kappa shape index (κ2) is 15.1. The number of aliphatic hydroxyl groups is 1. The summed E-state index contributed by atoms with van der Waals surface area (Å²) in [6, 6.07) is 7.71. The van der Waals surface area contributed by atoms with E-state index < -0.39 is 107 Å². The Hall–Kier alpha value is -4.65. The smallest absolute Gasteiger partial charge is 0.338 e. The fraction of sp³-hybridized carbons (Fsp3) is 0.541. The van der Waals surface area contributed by atoms with Gasteiger partial charge in [-0.3, -0.25) is 28.8 Å². The van der Waals surface area contributed by atoms with Crippen molar-refractivity contribution in [2.24, 2.45) is 23.2 Å². The maximum atomic E-state index is 14.4. The first-order valence-electron chi connectivity index (χ1n) is 16.2. The van der Waals surface area contributed by atoms with Gasteiger partial charge in [-0.15, -0.1) is 0 Å². The van der Waals surface area contributed by atoms with Gasteiger partial charge in [0.25, 0.3) is 0 Å². The van der Waals surface area contributed by atoms with Crippen LogP contribution in [0.15, 0.2) is 54.6 Å². The van der Waals surface area contributed by atoms with Crippen LogP contribution >= 0.6 is 0 Å². The number of allylic oxidation sites excluding steroid dienone is 2. The van der Waals surface area contributed by atoms with E-state index in [9.17, 15) is 38.7 Å². The number of Topliss-reactive ketones (excluding diaryl/α,β-unsaturated/α-hetero) is 2. The Morgan fingerprint density at radius 2 is 1.38 bits per heavy atom. The zero-order chi connectivity index (χ0) is 37.9. The van der Waals surface area contributed by atoms with Crippen LogP contribution in [0.2, 0.25) is 0 Å². The van der Waals surface area contributed by atoms with Gasteiger partial charge in [-0.2, -0.15) is 0 Å². The molecule has 0 amide bonds. The van der Waals surface area contributed by atoms with Gasteiger partial charge in [0.15, 0.2) is 23.8 Å². The van der Waals surface area contributed by atoms with Gasteiger partial charge in [-0.05, 0) is 32.9 Å². The van der Waals surface area contributed by atoms with Crippen LogP contribution in [0.5, 0.6) is 0 Å². The number of hydrogen-bond donors (Lipinski definition) is 1. The first kappa shape index (κ1) is 39.8. The molecule has 13 heteroatoms. The van der Waals surface area contributed by atoms with Gasteiger partial charge < -0.3 is 28.8 Å². The average molecular weight is 699 g/mol. The number of esters is 5. The maximum absolute atomic E-state index is 14.4. The molecule has 3 rings (SSSR count). The van der Waals surface area contributed by atoms with Crippen LogP contribution in [0.25, 0.3) is 0 Å². The molecule has 0 radical (unpaired) electrons. The first-order chi connectivity index (χ1) is 23.1. The number of rotatable bonds is 7. The molecule has 0 saturated heterocycles. The molecule has 0 aromatic heterocycles. The Balaban J connectivity index is 2.46. The van der Waals surface area contributed by atoms with Crippen molar-refractivity contribution in [2.75, 3.05) is 0 Å². The van der Waals surface area contributed by atoms with Crippen molar-refractivity contribution in [1.82, 2.24) is 0 Å². The number of ether oxygens (including phenoxy) is 5. The summed E-state index contributed by atoms with van der Waals surface area (Å²) in [5, 5.41) is 12.6. The molecule has 1 aromatic carbocycles. The van der Waals surface area contributed by atoms with Crippen LogP contribution in [0.3, 0.4) is 0 Å². The van der Waals surface area contributed by atoms with Crippen molar-refractivity contribution in [1.29, 1.82) is 0 Å². The van der Waals surface area contributed by atoms with Crippen LogP contribution in [-0.4, -0.2) is 82.1 Å². The van der Waals surface area contributed by atoms with Crippen molar-refractivity contribution in [3.63, 3.8) is 0 Å². The molecule has 1 N–H and O–H groups in total. The Bertz CT molecular complexity index is 1570. The van der Waals surface area contributed by atoms with Crippen molar-refractivity contribution in [3.8, 4) is 0 Å². The molecule has 2 aliphatic rings. The Morgan fingerprint density at radius 3 is 1.90 bits per heavy atom. The second-order valence-electron chi connectivity index (χ2n) is 14.0. The molecule has 13 nitrogen and oxygen atoms in total. The number of carbonyl (C=O) groups excluding carboxylic acids is 7. The summed E-state index contributed by atoms with van der Waals surface area (Å²) < 4.78 is 28.7. The second-order valence-corrected chi connectivity index (χ2v) is 14.0. The third-order valence-corrected chi connectivity index (χ3v) is 8.89. The molecule has 0 heterocycles. The van der Waals surface area contributed by atoms with Crippen LogP contribution in [0, 0.1) is 23.2 Å². The zero-order valence-corrected chi connectivity index (χ0v) is 29.8. The van der Waals surface area contributed by atoms with E-state index in [2.05, 4.69) is 6.58 Å². The first-order valence-corrected chi connectivity index (χ1v) is 16.2. The molecule has 0 unspecified atom stereocenters. The van der Waals surface area contributed by atoms with Gasteiger partial charge in [0.2, 0.25) is 6.10 Å².